The van der Waals surface area contributed by atoms with E-state index in [1.807, 2.05) is 29.7 Å². The average Bonchev–Trinajstić information content (AvgIpc) is 2.59. The number of thiocyanates is 1. The van der Waals surface area contributed by atoms with E-state index in [2.05, 4.69) is 21.3 Å². The molecule has 10 heteroatoms. The molecule has 26 heavy (non-hydrogen) atoms. The summed E-state index contributed by atoms with van der Waals surface area (Å²) in [5, 5.41) is 22.6. The van der Waals surface area contributed by atoms with Gasteiger partial charge in [-0.2, -0.15) is 5.26 Å². The second-order valence-corrected chi connectivity index (χ2v) is 6.23. The summed E-state index contributed by atoms with van der Waals surface area (Å²) in [5.41, 5.74) is 2.16. The first-order valence-corrected chi connectivity index (χ1v) is 8.52. The Labute approximate surface area is 160 Å². The van der Waals surface area contributed by atoms with Crippen LogP contribution in [-0.4, -0.2) is 16.6 Å². The van der Waals surface area contributed by atoms with E-state index in [4.69, 9.17) is 29.7 Å². The molecule has 0 radical (unpaired) electrons. The zero-order valence-electron chi connectivity index (χ0n) is 13.0. The van der Waals surface area contributed by atoms with Gasteiger partial charge in [0.15, 0.2) is 10.2 Å². The average molecular weight is 644 g/mol. The van der Waals surface area contributed by atoms with Crippen molar-refractivity contribution in [3.8, 4) is 5.40 Å². The van der Waals surface area contributed by atoms with E-state index in [0.717, 1.165) is 28.0 Å². The molecule has 2 aromatic carbocycles. The summed E-state index contributed by atoms with van der Waals surface area (Å²) >= 11 is 11.5. The third kappa shape index (κ3) is 6.45. The third-order valence-corrected chi connectivity index (χ3v) is 3.85. The van der Waals surface area contributed by atoms with Gasteiger partial charge in [0.05, 0.1) is 6.41 Å². The molecule has 2 rings (SSSR count). The molecule has 6 nitrogen and oxygen atoms in total. The summed E-state index contributed by atoms with van der Waals surface area (Å²) < 4.78 is 0. The van der Waals surface area contributed by atoms with E-state index < -0.39 is 0 Å². The van der Waals surface area contributed by atoms with Crippen LogP contribution in [0.15, 0.2) is 53.4 Å². The minimum atomic E-state index is 0. The van der Waals surface area contributed by atoms with Gasteiger partial charge in [-0.3, -0.25) is 0 Å². The number of benzene rings is 2. The van der Waals surface area contributed by atoms with E-state index >= 15 is 0 Å². The fourth-order valence-electron chi connectivity index (χ4n) is 1.78. The number of thiocarbonyl (C=S) groups is 2. The number of carbonyl (C=O) groups excluding carboxylic acids is 1. The number of anilines is 3. The van der Waals surface area contributed by atoms with Crippen LogP contribution in [0.3, 0.4) is 0 Å². The molecule has 4 N–H and O–H groups in total. The molecule has 138 valence electrons. The Morgan fingerprint density at radius 3 is 1.85 bits per heavy atom. The summed E-state index contributed by atoms with van der Waals surface area (Å²) in [4.78, 5) is 11.1. The maximum absolute atomic E-state index is 10.2. The van der Waals surface area contributed by atoms with Crippen molar-refractivity contribution in [2.24, 2.45) is 0 Å². The second kappa shape index (κ2) is 10.2. The van der Waals surface area contributed by atoms with Gasteiger partial charge in [-0.05, 0) is 60.5 Å². The van der Waals surface area contributed by atoms with Gasteiger partial charge in [-0.1, -0.05) is 12.1 Å². The number of amides is 1. The zero-order valence-corrected chi connectivity index (χ0v) is 17.8. The van der Waals surface area contributed by atoms with Crippen LogP contribution < -0.4 is 21.3 Å². The van der Waals surface area contributed by atoms with E-state index in [-0.39, 0.29) is 0 Å². The summed E-state index contributed by atoms with van der Waals surface area (Å²) in [6.07, 6.45) is 1.60. The molecule has 0 aliphatic heterocycles. The number of nitriles is 1. The quantitative estimate of drug-likeness (QED) is 0.130. The fourth-order valence-corrected chi connectivity index (χ4v) is 2.66. The Bertz CT molecular complexity index is 806. The molecule has 0 atom stereocenters. The first kappa shape index (κ1) is 20.4. The number of nitrogens with zero attached hydrogens (tertiary/aromatic N) is 1. The number of hydrogen-bond acceptors (Lipinski definition) is 5. The molecule has 0 saturated carbocycles. The monoisotopic (exact) mass is 643 g/mol. The van der Waals surface area contributed by atoms with Crippen LogP contribution in [0.2, 0.25) is 0 Å². The Morgan fingerprint density at radius 1 is 0.923 bits per heavy atom. The number of rotatable bonds is 5. The Kier molecular flexibility index (Phi) is 8.03. The molecule has 0 aliphatic rings. The molecule has 0 unspecified atom stereocenters. The molecule has 1 amide bonds. The van der Waals surface area contributed by atoms with Crippen LogP contribution in [0.5, 0.6) is 0 Å². The predicted octanol–water partition coefficient (Wildman–Crippen LogP) is 3.42. The van der Waals surface area contributed by atoms with Crippen molar-refractivity contribution < 1.29 is 4.79 Å². The molecule has 0 aliphatic carbocycles. The molecule has 0 saturated heterocycles. The number of thioether (sulfide) groups is 1. The molecular weight excluding hydrogens is 631 g/mol. The van der Waals surface area contributed by atoms with Crippen molar-refractivity contribution in [1.29, 1.82) is 5.26 Å². The van der Waals surface area contributed by atoms with E-state index in [0.29, 0.717) is 15.9 Å². The van der Waals surface area contributed by atoms with Crippen molar-refractivity contribution in [2.75, 3.05) is 16.0 Å². The van der Waals surface area contributed by atoms with Gasteiger partial charge in [0, 0.05) is 16.3 Å². The number of hydrogen-bond donors (Lipinski definition) is 4. The molecule has 0 spiro atoms. The standard InChI is InChI=1S/C16H12N5OS3.Fm/c17-9-25-14-7-5-13(6-8-14)20-16(24)21-15(23)19-12-3-1-11(2-4-12)18-10-22;/h1-8H,(H,18,22)(H3,19,20,21,23,24);/q-1;. The molecular formula is C16H12FmN5OS3-. The maximum atomic E-state index is 10.2. The number of nitrogens with one attached hydrogen (secondary N) is 4. The first-order valence-electron chi connectivity index (χ1n) is 6.89. The van der Waals surface area contributed by atoms with Gasteiger partial charge >= 0.3 is 0 Å². The molecule has 0 aromatic heterocycles. The van der Waals surface area contributed by atoms with Gasteiger partial charge in [-0.15, -0.1) is 17.8 Å². The van der Waals surface area contributed by atoms with Gasteiger partial charge in [0.2, 0.25) is 0 Å². The van der Waals surface area contributed by atoms with E-state index in [1.165, 1.54) is 0 Å². The van der Waals surface area contributed by atoms with Gasteiger partial charge in [-0.25, -0.2) is 0 Å². The molecule has 0 heterocycles. The van der Waals surface area contributed by atoms with Crippen LogP contribution in [0.4, 0.5) is 17.1 Å². The zero-order chi connectivity index (χ0) is 18.1. The predicted molar refractivity (Wildman–Crippen MR) is 109 cm³/mol. The van der Waals surface area contributed by atoms with Crippen LogP contribution in [0, 0.1) is 10.7 Å². The van der Waals surface area contributed by atoms with Crippen LogP contribution in [-0.2, 0) is 4.79 Å². The van der Waals surface area contributed by atoms with Crippen LogP contribution in [0.1, 0.15) is 0 Å². The molecule has 0 bridgehead atoms. The smallest absolute Gasteiger partial charge is 0.177 e. The first-order chi connectivity index (χ1) is 12.1. The van der Waals surface area contributed by atoms with Gasteiger partial charge in [0.1, 0.15) is 5.40 Å². The Morgan fingerprint density at radius 2 is 1.38 bits per heavy atom. The summed E-state index contributed by atoms with van der Waals surface area (Å²) in [7, 11) is 0. The van der Waals surface area contributed by atoms with Gasteiger partial charge in [0.25, 0.3) is 0 Å². The molecule has 0 fully saturated rings. The van der Waals surface area contributed by atoms with Crippen LogP contribution >= 0.6 is 36.2 Å². The van der Waals surface area contributed by atoms with Crippen LogP contribution in [0.25, 0.3) is 0 Å². The summed E-state index contributed by atoms with van der Waals surface area (Å²) in [5.74, 6) is 0. The minimum absolute atomic E-state index is 0. The topological polar surface area (TPSA) is 89.0 Å². The third-order valence-electron chi connectivity index (χ3n) is 2.84. The van der Waals surface area contributed by atoms with Crippen molar-refractivity contribution in [3.05, 3.63) is 48.5 Å². The van der Waals surface area contributed by atoms with Crippen molar-refractivity contribution in [1.82, 2.24) is 5.32 Å². The SMILES string of the molecule is N#CSc1ccc(NC(=S)NC(=S)Nc2ccc(N[C-]=O)cc2)cc1.[Fm]. The van der Waals surface area contributed by atoms with Crippen molar-refractivity contribution >= 4 is 69.9 Å². The van der Waals surface area contributed by atoms with Crippen molar-refractivity contribution in [2.45, 2.75) is 4.90 Å². The van der Waals surface area contributed by atoms with E-state index in [9.17, 15) is 4.79 Å². The Balaban J connectivity index is 0.00000338. The largest absolute Gasteiger partial charge is 0.490 e. The van der Waals surface area contributed by atoms with E-state index in [1.54, 1.807) is 30.7 Å². The van der Waals surface area contributed by atoms with Crippen molar-refractivity contribution in [3.63, 3.8) is 0 Å². The Hall–Kier alpha value is -3.67. The minimum Gasteiger partial charge on any atom is -0.490 e. The maximum Gasteiger partial charge on any atom is 0.177 e. The van der Waals surface area contributed by atoms with Gasteiger partial charge < -0.3 is 26.1 Å². The molecule has 2 aromatic rings. The summed E-state index contributed by atoms with van der Waals surface area (Å²) in [6, 6.07) is 14.2. The normalized spacial score (nSPS) is 9.04. The fraction of sp³-hybridized carbons (Fsp3) is 0. The summed E-state index contributed by atoms with van der Waals surface area (Å²) in [6.45, 7) is 0. The second-order valence-electron chi connectivity index (χ2n) is 4.56.